The number of fused-ring (bicyclic) bond motifs is 1. The Labute approximate surface area is 122 Å². The van der Waals surface area contributed by atoms with Crippen LogP contribution in [0.25, 0.3) is 0 Å². The zero-order valence-electron chi connectivity index (χ0n) is 11.9. The molecule has 21 heavy (non-hydrogen) atoms. The van der Waals surface area contributed by atoms with Crippen molar-refractivity contribution in [2.45, 2.75) is 25.9 Å². The number of amidine groups is 1. The van der Waals surface area contributed by atoms with E-state index in [4.69, 9.17) is 20.6 Å². The molecule has 3 rings (SSSR count). The van der Waals surface area contributed by atoms with Crippen LogP contribution < -0.4 is 15.2 Å². The van der Waals surface area contributed by atoms with Gasteiger partial charge in [-0.1, -0.05) is 12.1 Å². The maximum Gasteiger partial charge on any atom is 0.250 e. The van der Waals surface area contributed by atoms with Gasteiger partial charge in [-0.2, -0.15) is 5.10 Å². The number of aromatic nitrogens is 2. The molecule has 1 aromatic heterocycles. The van der Waals surface area contributed by atoms with Crippen LogP contribution in [0.1, 0.15) is 25.0 Å². The van der Waals surface area contributed by atoms with Crippen molar-refractivity contribution in [3.05, 3.63) is 41.6 Å². The number of para-hydroxylation sites is 1. The highest BCUT2D eigenvalue weighted by atomic mass is 16.5. The van der Waals surface area contributed by atoms with Crippen molar-refractivity contribution in [2.24, 2.45) is 5.73 Å². The molecule has 0 fully saturated rings. The van der Waals surface area contributed by atoms with Crippen molar-refractivity contribution >= 4 is 5.84 Å². The third-order valence-electron chi connectivity index (χ3n) is 3.24. The van der Waals surface area contributed by atoms with Crippen LogP contribution in [-0.2, 0) is 6.42 Å². The topological polar surface area (TPSA) is 94.1 Å². The van der Waals surface area contributed by atoms with Gasteiger partial charge < -0.3 is 15.2 Å². The predicted octanol–water partition coefficient (Wildman–Crippen LogP) is 2.27. The summed E-state index contributed by atoms with van der Waals surface area (Å²) >= 11 is 0. The minimum atomic E-state index is -0.256. The molecule has 0 unspecified atom stereocenters. The van der Waals surface area contributed by atoms with Crippen molar-refractivity contribution in [1.29, 1.82) is 5.41 Å². The SMILES string of the molecule is CC1(C)Cc2cccc(Oc3nnccc3C(=N)N)c2O1. The molecule has 2 aromatic rings. The van der Waals surface area contributed by atoms with E-state index in [2.05, 4.69) is 10.2 Å². The zero-order valence-corrected chi connectivity index (χ0v) is 11.9. The summed E-state index contributed by atoms with van der Waals surface area (Å²) < 4.78 is 11.7. The Kier molecular flexibility index (Phi) is 3.01. The fourth-order valence-electron chi connectivity index (χ4n) is 2.37. The van der Waals surface area contributed by atoms with Crippen LogP contribution >= 0.6 is 0 Å². The van der Waals surface area contributed by atoms with E-state index in [-0.39, 0.29) is 17.3 Å². The number of rotatable bonds is 3. The Hall–Kier alpha value is -2.63. The Bertz CT molecular complexity index is 713. The first-order valence-corrected chi connectivity index (χ1v) is 6.61. The molecule has 0 amide bonds. The van der Waals surface area contributed by atoms with Gasteiger partial charge in [-0.15, -0.1) is 5.10 Å². The van der Waals surface area contributed by atoms with E-state index < -0.39 is 0 Å². The number of nitrogens with zero attached hydrogens (tertiary/aromatic N) is 2. The summed E-state index contributed by atoms with van der Waals surface area (Å²) in [5.41, 5.74) is 6.76. The second kappa shape index (κ2) is 4.73. The highest BCUT2D eigenvalue weighted by molar-refractivity contribution is 5.97. The summed E-state index contributed by atoms with van der Waals surface area (Å²) in [6, 6.07) is 7.32. The van der Waals surface area contributed by atoms with Crippen LogP contribution in [0.5, 0.6) is 17.4 Å². The number of nitrogens with two attached hydrogens (primary N) is 1. The number of nitrogens with one attached hydrogen (secondary N) is 1. The Morgan fingerprint density at radius 2 is 2.19 bits per heavy atom. The van der Waals surface area contributed by atoms with Crippen LogP contribution in [-0.4, -0.2) is 21.6 Å². The summed E-state index contributed by atoms with van der Waals surface area (Å²) in [6.45, 7) is 4.06. The molecule has 0 aliphatic carbocycles. The van der Waals surface area contributed by atoms with Crippen molar-refractivity contribution in [1.82, 2.24) is 10.2 Å². The molecule has 2 heterocycles. The van der Waals surface area contributed by atoms with Gasteiger partial charge in [0.25, 0.3) is 0 Å². The number of nitrogen functional groups attached to an aromatic ring is 1. The lowest BCUT2D eigenvalue weighted by Crippen LogP contribution is -2.24. The van der Waals surface area contributed by atoms with Gasteiger partial charge in [-0.25, -0.2) is 0 Å². The van der Waals surface area contributed by atoms with Crippen LogP contribution in [0, 0.1) is 5.41 Å². The molecule has 0 radical (unpaired) electrons. The van der Waals surface area contributed by atoms with Crippen molar-refractivity contribution in [2.75, 3.05) is 0 Å². The summed E-state index contributed by atoms with van der Waals surface area (Å²) in [6.07, 6.45) is 2.29. The molecule has 0 saturated carbocycles. The standard InChI is InChI=1S/C15H16N4O2/c1-15(2)8-9-4-3-5-11(12(9)21-15)20-14-10(13(16)17)6-7-18-19-14/h3-7H,8H2,1-2H3,(H3,16,17). The van der Waals surface area contributed by atoms with E-state index in [0.29, 0.717) is 17.1 Å². The summed E-state index contributed by atoms with van der Waals surface area (Å²) in [7, 11) is 0. The Morgan fingerprint density at radius 3 is 2.95 bits per heavy atom. The molecular formula is C15H16N4O2. The minimum absolute atomic E-state index is 0.117. The van der Waals surface area contributed by atoms with E-state index in [1.165, 1.54) is 6.20 Å². The van der Waals surface area contributed by atoms with Gasteiger partial charge in [0.1, 0.15) is 11.4 Å². The molecular weight excluding hydrogens is 268 g/mol. The molecule has 108 valence electrons. The van der Waals surface area contributed by atoms with E-state index in [0.717, 1.165) is 12.0 Å². The Balaban J connectivity index is 1.98. The second-order valence-electron chi connectivity index (χ2n) is 5.55. The average Bonchev–Trinajstić information content (AvgIpc) is 2.74. The van der Waals surface area contributed by atoms with Crippen LogP contribution in [0.3, 0.4) is 0 Å². The number of benzene rings is 1. The maximum absolute atomic E-state index is 7.56. The summed E-state index contributed by atoms with van der Waals surface area (Å²) in [4.78, 5) is 0. The van der Waals surface area contributed by atoms with Crippen LogP contribution in [0.4, 0.5) is 0 Å². The van der Waals surface area contributed by atoms with E-state index in [1.54, 1.807) is 12.1 Å². The van der Waals surface area contributed by atoms with Gasteiger partial charge in [0.05, 0.1) is 11.8 Å². The number of hydrogen-bond acceptors (Lipinski definition) is 5. The van der Waals surface area contributed by atoms with Gasteiger partial charge >= 0.3 is 0 Å². The van der Waals surface area contributed by atoms with Gasteiger partial charge in [-0.3, -0.25) is 5.41 Å². The molecule has 1 aliphatic heterocycles. The maximum atomic E-state index is 7.56. The highest BCUT2D eigenvalue weighted by Crippen LogP contribution is 2.43. The molecule has 3 N–H and O–H groups in total. The van der Waals surface area contributed by atoms with Crippen molar-refractivity contribution in [3.63, 3.8) is 0 Å². The van der Waals surface area contributed by atoms with Gasteiger partial charge in [0.15, 0.2) is 11.5 Å². The lowest BCUT2D eigenvalue weighted by atomic mass is 10.0. The average molecular weight is 284 g/mol. The Morgan fingerprint density at radius 1 is 1.38 bits per heavy atom. The highest BCUT2D eigenvalue weighted by Gasteiger charge is 2.32. The predicted molar refractivity (Wildman–Crippen MR) is 78.0 cm³/mol. The van der Waals surface area contributed by atoms with Crippen molar-refractivity contribution < 1.29 is 9.47 Å². The van der Waals surface area contributed by atoms with E-state index >= 15 is 0 Å². The fourth-order valence-corrected chi connectivity index (χ4v) is 2.37. The quantitative estimate of drug-likeness (QED) is 0.666. The molecule has 1 aromatic carbocycles. The van der Waals surface area contributed by atoms with Gasteiger partial charge in [0.2, 0.25) is 5.88 Å². The number of ether oxygens (including phenoxy) is 2. The second-order valence-corrected chi connectivity index (χ2v) is 5.55. The first-order valence-electron chi connectivity index (χ1n) is 6.61. The fraction of sp³-hybridized carbons (Fsp3) is 0.267. The van der Waals surface area contributed by atoms with Crippen LogP contribution in [0.15, 0.2) is 30.5 Å². The third kappa shape index (κ3) is 2.52. The molecule has 6 heteroatoms. The zero-order chi connectivity index (χ0) is 15.0. The third-order valence-corrected chi connectivity index (χ3v) is 3.24. The monoisotopic (exact) mass is 284 g/mol. The molecule has 1 aliphatic rings. The largest absolute Gasteiger partial charge is 0.483 e. The van der Waals surface area contributed by atoms with E-state index in [9.17, 15) is 0 Å². The van der Waals surface area contributed by atoms with Crippen molar-refractivity contribution in [3.8, 4) is 17.4 Å². The molecule has 0 saturated heterocycles. The molecule has 0 atom stereocenters. The van der Waals surface area contributed by atoms with Gasteiger partial charge in [-0.05, 0) is 26.0 Å². The van der Waals surface area contributed by atoms with Crippen LogP contribution in [0.2, 0.25) is 0 Å². The minimum Gasteiger partial charge on any atom is -0.483 e. The number of hydrogen-bond donors (Lipinski definition) is 2. The summed E-state index contributed by atoms with van der Waals surface area (Å²) in [5, 5.41) is 15.2. The lowest BCUT2D eigenvalue weighted by molar-refractivity contribution is 0.135. The molecule has 6 nitrogen and oxygen atoms in total. The van der Waals surface area contributed by atoms with Gasteiger partial charge in [0, 0.05) is 12.0 Å². The smallest absolute Gasteiger partial charge is 0.250 e. The first-order chi connectivity index (χ1) is 9.96. The molecule has 0 bridgehead atoms. The first kappa shape index (κ1) is 13.4. The normalized spacial score (nSPS) is 15.1. The molecule has 0 spiro atoms. The summed E-state index contributed by atoms with van der Waals surface area (Å²) in [5.74, 6) is 1.35. The van der Waals surface area contributed by atoms with E-state index in [1.807, 2.05) is 26.0 Å². The lowest BCUT2D eigenvalue weighted by Gasteiger charge is -2.18.